The summed E-state index contributed by atoms with van der Waals surface area (Å²) in [4.78, 5) is 0. The molecule has 2 unspecified atom stereocenters. The van der Waals surface area contributed by atoms with Crippen molar-refractivity contribution in [2.45, 2.75) is 39.5 Å². The van der Waals surface area contributed by atoms with Crippen LogP contribution >= 0.6 is 0 Å². The van der Waals surface area contributed by atoms with Gasteiger partial charge in [-0.3, -0.25) is 0 Å². The summed E-state index contributed by atoms with van der Waals surface area (Å²) in [6.45, 7) is 9.08. The van der Waals surface area contributed by atoms with Gasteiger partial charge in [0.2, 0.25) is 0 Å². The average molecular weight is 291 g/mol. The Morgan fingerprint density at radius 3 is 2.59 bits per heavy atom. The minimum absolute atomic E-state index is 0.0342. The predicted octanol–water partition coefficient (Wildman–Crippen LogP) is 5.61. The Hall–Kier alpha value is -2.02. The molecule has 0 bridgehead atoms. The maximum atomic E-state index is 6.59. The van der Waals surface area contributed by atoms with Crippen molar-refractivity contribution in [3.63, 3.8) is 0 Å². The molecule has 22 heavy (non-hydrogen) atoms. The molecule has 0 aliphatic heterocycles. The minimum atomic E-state index is 0.0342. The van der Waals surface area contributed by atoms with Crippen LogP contribution in [-0.2, 0) is 5.41 Å². The molecule has 0 aromatic heterocycles. The number of allylic oxidation sites excluding steroid dienone is 4. The molecule has 0 saturated carbocycles. The van der Waals surface area contributed by atoms with E-state index in [0.717, 1.165) is 12.1 Å². The van der Waals surface area contributed by atoms with Crippen molar-refractivity contribution in [1.29, 1.82) is 0 Å². The van der Waals surface area contributed by atoms with Crippen molar-refractivity contribution in [2.24, 2.45) is 5.92 Å². The Kier molecular flexibility index (Phi) is 3.60. The highest BCUT2D eigenvalue weighted by atomic mass is 14.6. The Morgan fingerprint density at radius 1 is 1.09 bits per heavy atom. The molecule has 2 atom stereocenters. The molecule has 0 saturated heterocycles. The van der Waals surface area contributed by atoms with E-state index < -0.39 is 0 Å². The number of hydrogen-bond donors (Lipinski definition) is 1. The monoisotopic (exact) mass is 291 g/mol. The van der Waals surface area contributed by atoms with Gasteiger partial charge < -0.3 is 5.73 Å². The maximum absolute atomic E-state index is 6.59. The SMILES string of the molecule is CC1=CC(C)C(C)(c2ccc3ccccc3c2N)CC(C)=C1. The molecule has 2 aromatic rings. The third-order valence-electron chi connectivity index (χ3n) is 5.22. The first-order valence-corrected chi connectivity index (χ1v) is 8.05. The van der Waals surface area contributed by atoms with Crippen LogP contribution in [0.5, 0.6) is 0 Å². The first-order chi connectivity index (χ1) is 10.4. The molecule has 1 aliphatic rings. The van der Waals surface area contributed by atoms with Gasteiger partial charge in [-0.2, -0.15) is 0 Å². The Balaban J connectivity index is 2.21. The van der Waals surface area contributed by atoms with E-state index in [0.29, 0.717) is 5.92 Å². The van der Waals surface area contributed by atoms with E-state index in [9.17, 15) is 0 Å². The van der Waals surface area contributed by atoms with Crippen molar-refractivity contribution in [1.82, 2.24) is 0 Å². The lowest BCUT2D eigenvalue weighted by molar-refractivity contribution is 0.370. The van der Waals surface area contributed by atoms with Crippen LogP contribution in [0.1, 0.15) is 39.7 Å². The summed E-state index contributed by atoms with van der Waals surface area (Å²) < 4.78 is 0. The van der Waals surface area contributed by atoms with E-state index in [1.54, 1.807) is 0 Å². The van der Waals surface area contributed by atoms with Crippen molar-refractivity contribution in [3.8, 4) is 0 Å². The molecule has 114 valence electrons. The highest BCUT2D eigenvalue weighted by Gasteiger charge is 2.35. The highest BCUT2D eigenvalue weighted by Crippen LogP contribution is 2.45. The van der Waals surface area contributed by atoms with Gasteiger partial charge in [0.15, 0.2) is 0 Å². The van der Waals surface area contributed by atoms with Crippen molar-refractivity contribution in [2.75, 3.05) is 5.73 Å². The molecule has 0 fully saturated rings. The Labute approximate surface area is 133 Å². The second-order valence-electron chi connectivity index (χ2n) is 7.03. The highest BCUT2D eigenvalue weighted by molar-refractivity contribution is 5.94. The summed E-state index contributed by atoms with van der Waals surface area (Å²) >= 11 is 0. The largest absolute Gasteiger partial charge is 0.398 e. The van der Waals surface area contributed by atoms with Crippen LogP contribution in [-0.4, -0.2) is 0 Å². The van der Waals surface area contributed by atoms with E-state index in [1.165, 1.54) is 27.5 Å². The molecule has 2 aromatic carbocycles. The number of benzene rings is 2. The van der Waals surface area contributed by atoms with E-state index in [-0.39, 0.29) is 5.41 Å². The first-order valence-electron chi connectivity index (χ1n) is 8.05. The molecule has 1 aliphatic carbocycles. The van der Waals surface area contributed by atoms with Crippen LogP contribution < -0.4 is 5.73 Å². The minimum Gasteiger partial charge on any atom is -0.398 e. The van der Waals surface area contributed by atoms with Crippen molar-refractivity contribution >= 4 is 16.5 Å². The summed E-state index contributed by atoms with van der Waals surface area (Å²) in [7, 11) is 0. The number of fused-ring (bicyclic) bond motifs is 1. The zero-order chi connectivity index (χ0) is 15.9. The fourth-order valence-corrected chi connectivity index (χ4v) is 3.94. The molecule has 3 rings (SSSR count). The summed E-state index contributed by atoms with van der Waals surface area (Å²) in [5.74, 6) is 0.449. The number of anilines is 1. The predicted molar refractivity (Wildman–Crippen MR) is 97.0 cm³/mol. The molecule has 0 heterocycles. The van der Waals surface area contributed by atoms with Crippen molar-refractivity contribution < 1.29 is 0 Å². The van der Waals surface area contributed by atoms with Crippen LogP contribution in [0.25, 0.3) is 10.8 Å². The van der Waals surface area contributed by atoms with Gasteiger partial charge in [0.05, 0.1) is 0 Å². The smallest absolute Gasteiger partial charge is 0.0432 e. The summed E-state index contributed by atoms with van der Waals surface area (Å²) in [5.41, 5.74) is 11.6. The molecule has 1 nitrogen and oxygen atoms in total. The molecule has 0 amide bonds. The third-order valence-corrected chi connectivity index (χ3v) is 5.22. The van der Waals surface area contributed by atoms with Crippen molar-refractivity contribution in [3.05, 3.63) is 65.3 Å². The second-order valence-corrected chi connectivity index (χ2v) is 7.03. The number of rotatable bonds is 1. The molecular formula is C21H25N. The van der Waals surface area contributed by atoms with Crippen LogP contribution in [0, 0.1) is 5.92 Å². The van der Waals surface area contributed by atoms with E-state index in [4.69, 9.17) is 5.73 Å². The molecule has 0 radical (unpaired) electrons. The zero-order valence-corrected chi connectivity index (χ0v) is 14.0. The fourth-order valence-electron chi connectivity index (χ4n) is 3.94. The third kappa shape index (κ3) is 2.35. The quantitative estimate of drug-likeness (QED) is 0.679. The van der Waals surface area contributed by atoms with E-state index in [1.807, 2.05) is 0 Å². The standard InChI is InChI=1S/C21H25N/c1-14-11-15(2)13-21(4,16(3)12-14)19-10-9-17-7-5-6-8-18(17)20(19)22/h5-12,16H,13,22H2,1-4H3. The molecule has 1 heteroatoms. The van der Waals surface area contributed by atoms with Gasteiger partial charge in [0, 0.05) is 16.5 Å². The van der Waals surface area contributed by atoms with Gasteiger partial charge in [-0.15, -0.1) is 0 Å². The molecular weight excluding hydrogens is 266 g/mol. The topological polar surface area (TPSA) is 26.0 Å². The second kappa shape index (κ2) is 5.31. The number of hydrogen-bond acceptors (Lipinski definition) is 1. The van der Waals surface area contributed by atoms with Crippen LogP contribution in [0.3, 0.4) is 0 Å². The van der Waals surface area contributed by atoms with Gasteiger partial charge in [-0.1, -0.05) is 73.5 Å². The Bertz CT molecular complexity index is 782. The van der Waals surface area contributed by atoms with Crippen LogP contribution in [0.15, 0.2) is 59.7 Å². The molecule has 2 N–H and O–H groups in total. The van der Waals surface area contributed by atoms with Gasteiger partial charge in [0.1, 0.15) is 0 Å². The zero-order valence-electron chi connectivity index (χ0n) is 14.0. The summed E-state index contributed by atoms with van der Waals surface area (Å²) in [6, 6.07) is 12.8. The van der Waals surface area contributed by atoms with Crippen LogP contribution in [0.2, 0.25) is 0 Å². The lowest BCUT2D eigenvalue weighted by Gasteiger charge is -2.36. The van der Waals surface area contributed by atoms with Gasteiger partial charge in [0.25, 0.3) is 0 Å². The van der Waals surface area contributed by atoms with Gasteiger partial charge in [-0.05, 0) is 37.1 Å². The lowest BCUT2D eigenvalue weighted by Crippen LogP contribution is -2.30. The van der Waals surface area contributed by atoms with Gasteiger partial charge in [-0.25, -0.2) is 0 Å². The normalized spacial score (nSPS) is 25.5. The maximum Gasteiger partial charge on any atom is 0.0432 e. The first kappa shape index (κ1) is 14.9. The number of nitrogens with two attached hydrogens (primary N) is 1. The summed E-state index contributed by atoms with van der Waals surface area (Å²) in [5, 5.41) is 2.38. The number of nitrogen functional groups attached to an aromatic ring is 1. The Morgan fingerprint density at radius 2 is 1.82 bits per heavy atom. The van der Waals surface area contributed by atoms with Crippen LogP contribution in [0.4, 0.5) is 5.69 Å². The van der Waals surface area contributed by atoms with E-state index in [2.05, 4.69) is 76.2 Å². The van der Waals surface area contributed by atoms with Gasteiger partial charge >= 0.3 is 0 Å². The fraction of sp³-hybridized carbons (Fsp3) is 0.333. The average Bonchev–Trinajstić information content (AvgIpc) is 2.56. The molecule has 0 spiro atoms. The lowest BCUT2D eigenvalue weighted by atomic mass is 9.68. The summed E-state index contributed by atoms with van der Waals surface area (Å²) in [6.07, 6.45) is 5.73. The van der Waals surface area contributed by atoms with E-state index >= 15 is 0 Å².